The van der Waals surface area contributed by atoms with Crippen molar-refractivity contribution in [3.8, 4) is 0 Å². The number of halogens is 20. The van der Waals surface area contributed by atoms with E-state index in [0.717, 1.165) is 0 Å². The van der Waals surface area contributed by atoms with Gasteiger partial charge in [-0.1, -0.05) is 13.3 Å². The van der Waals surface area contributed by atoms with Gasteiger partial charge in [0.05, 0.1) is 5.92 Å². The number of ether oxygens (including phenoxy) is 1. The van der Waals surface area contributed by atoms with E-state index in [1.807, 2.05) is 0 Å². The Kier molecular flexibility index (Phi) is 10.2. The molecule has 1 rings (SSSR count). The van der Waals surface area contributed by atoms with Crippen LogP contribution in [0.4, 0.5) is 87.8 Å². The molecule has 0 atom stereocenters. The smallest absolute Gasteiger partial charge is 0.385 e. The van der Waals surface area contributed by atoms with Gasteiger partial charge in [0.2, 0.25) is 0 Å². The Labute approximate surface area is 221 Å². The highest BCUT2D eigenvalue weighted by atomic mass is 19.4. The molecule has 1 aliphatic carbocycles. The molecule has 0 aromatic carbocycles. The molecule has 42 heavy (non-hydrogen) atoms. The molecule has 0 N–H and O–H groups in total. The van der Waals surface area contributed by atoms with Crippen molar-refractivity contribution in [2.24, 2.45) is 11.8 Å². The summed E-state index contributed by atoms with van der Waals surface area (Å²) in [4.78, 5) is 11.8. The van der Waals surface area contributed by atoms with E-state index in [0.29, 0.717) is 6.42 Å². The molecule has 0 aromatic heterocycles. The van der Waals surface area contributed by atoms with Gasteiger partial charge in [0, 0.05) is 0 Å². The monoisotopic (exact) mass is 670 g/mol. The molecule has 1 aliphatic rings. The fraction of sp³-hybridized carbons (Fsp3) is 0.950. The lowest BCUT2D eigenvalue weighted by atomic mass is 9.81. The molecule has 22 heteroatoms. The quantitative estimate of drug-likeness (QED) is 0.145. The molecule has 0 unspecified atom stereocenters. The molecule has 0 saturated heterocycles. The molecule has 0 aromatic rings. The summed E-state index contributed by atoms with van der Waals surface area (Å²) in [7, 11) is 0. The molecular formula is C20H18F20O2. The second-order valence-electron chi connectivity index (χ2n) is 9.38. The third-order valence-electron chi connectivity index (χ3n) is 6.67. The molecule has 2 nitrogen and oxygen atoms in total. The van der Waals surface area contributed by atoms with E-state index in [9.17, 15) is 92.6 Å². The van der Waals surface area contributed by atoms with Gasteiger partial charge >= 0.3 is 65.7 Å². The topological polar surface area (TPSA) is 26.3 Å². The van der Waals surface area contributed by atoms with Crippen LogP contribution in [-0.2, 0) is 9.53 Å². The molecule has 1 saturated carbocycles. The highest BCUT2D eigenvalue weighted by molar-refractivity contribution is 5.72. The van der Waals surface area contributed by atoms with Gasteiger partial charge in [0.15, 0.2) is 6.61 Å². The van der Waals surface area contributed by atoms with Crippen LogP contribution in [0.25, 0.3) is 0 Å². The van der Waals surface area contributed by atoms with Crippen LogP contribution in [0.5, 0.6) is 0 Å². The summed E-state index contributed by atoms with van der Waals surface area (Å²) in [5.41, 5.74) is 0. The summed E-state index contributed by atoms with van der Waals surface area (Å²) < 4.78 is 272. The van der Waals surface area contributed by atoms with E-state index in [2.05, 4.69) is 4.74 Å². The molecule has 0 bridgehead atoms. The van der Waals surface area contributed by atoms with Crippen LogP contribution < -0.4 is 0 Å². The van der Waals surface area contributed by atoms with Crippen molar-refractivity contribution in [2.75, 3.05) is 6.61 Å². The fourth-order valence-corrected chi connectivity index (χ4v) is 3.74. The average Bonchev–Trinajstić information content (AvgIpc) is 2.86. The van der Waals surface area contributed by atoms with Crippen LogP contribution in [0.1, 0.15) is 39.0 Å². The first kappa shape index (κ1) is 38.1. The van der Waals surface area contributed by atoms with Gasteiger partial charge in [-0.05, 0) is 31.6 Å². The summed E-state index contributed by atoms with van der Waals surface area (Å²) in [6.45, 7) is -1.60. The minimum absolute atomic E-state index is 0.0227. The second-order valence-corrected chi connectivity index (χ2v) is 9.38. The van der Waals surface area contributed by atoms with Gasteiger partial charge in [-0.15, -0.1) is 0 Å². The Balaban J connectivity index is 3.42. The van der Waals surface area contributed by atoms with Gasteiger partial charge in [-0.25, -0.2) is 8.78 Å². The van der Waals surface area contributed by atoms with Crippen LogP contribution in [0.2, 0.25) is 0 Å². The Hall–Kier alpha value is -1.93. The maximum Gasteiger partial charge on any atom is 0.385 e. The highest BCUT2D eigenvalue weighted by Gasteiger charge is 2.96. The third-order valence-corrected chi connectivity index (χ3v) is 6.67. The minimum Gasteiger partial charge on any atom is -0.459 e. The van der Waals surface area contributed by atoms with E-state index in [4.69, 9.17) is 0 Å². The molecule has 0 radical (unpaired) electrons. The van der Waals surface area contributed by atoms with Gasteiger partial charge in [-0.2, -0.15) is 79.0 Å². The Morgan fingerprint density at radius 2 is 0.929 bits per heavy atom. The predicted octanol–water partition coefficient (Wildman–Crippen LogP) is 8.73. The normalized spacial score (nSPS) is 21.1. The summed E-state index contributed by atoms with van der Waals surface area (Å²) in [6, 6.07) is 0. The van der Waals surface area contributed by atoms with Crippen molar-refractivity contribution >= 4 is 5.97 Å². The van der Waals surface area contributed by atoms with Crippen molar-refractivity contribution in [1.29, 1.82) is 0 Å². The number of hydrogen-bond acceptors (Lipinski definition) is 2. The van der Waals surface area contributed by atoms with E-state index in [-0.39, 0.29) is 31.6 Å². The number of carbonyl (C=O) groups is 1. The average molecular weight is 670 g/mol. The van der Waals surface area contributed by atoms with E-state index < -0.39 is 78.2 Å². The first-order valence-corrected chi connectivity index (χ1v) is 11.2. The lowest BCUT2D eigenvalue weighted by Crippen LogP contribution is -2.76. The zero-order valence-corrected chi connectivity index (χ0v) is 20.4. The van der Waals surface area contributed by atoms with Crippen LogP contribution in [0.15, 0.2) is 0 Å². The van der Waals surface area contributed by atoms with Crippen molar-refractivity contribution < 1.29 is 97.3 Å². The molecular weight excluding hydrogens is 652 g/mol. The van der Waals surface area contributed by atoms with E-state index in [1.165, 1.54) is 0 Å². The highest BCUT2D eigenvalue weighted by Crippen LogP contribution is 2.65. The third kappa shape index (κ3) is 5.44. The number of hydrogen-bond donors (Lipinski definition) is 0. The lowest BCUT2D eigenvalue weighted by Gasteiger charge is -2.44. The molecule has 0 amide bonds. The molecule has 0 heterocycles. The Morgan fingerprint density at radius 3 is 1.26 bits per heavy atom. The fourth-order valence-electron chi connectivity index (χ4n) is 3.74. The van der Waals surface area contributed by atoms with Crippen molar-refractivity contribution in [2.45, 2.75) is 98.8 Å². The van der Waals surface area contributed by atoms with Gasteiger partial charge in [0.1, 0.15) is 0 Å². The van der Waals surface area contributed by atoms with Crippen molar-refractivity contribution in [3.05, 3.63) is 0 Å². The van der Waals surface area contributed by atoms with Gasteiger partial charge in [0.25, 0.3) is 0 Å². The lowest BCUT2D eigenvalue weighted by molar-refractivity contribution is -0.465. The van der Waals surface area contributed by atoms with Gasteiger partial charge in [-0.3, -0.25) is 4.79 Å². The first-order valence-electron chi connectivity index (χ1n) is 11.2. The van der Waals surface area contributed by atoms with Crippen LogP contribution in [0, 0.1) is 11.8 Å². The number of carbonyl (C=O) groups excluding carboxylic acids is 1. The molecule has 250 valence electrons. The number of rotatable bonds is 13. The summed E-state index contributed by atoms with van der Waals surface area (Å²) in [5.74, 6) is -78.8. The second kappa shape index (κ2) is 11.2. The number of esters is 1. The molecule has 0 spiro atoms. The summed E-state index contributed by atoms with van der Waals surface area (Å²) >= 11 is 0. The first-order chi connectivity index (χ1) is 18.4. The zero-order valence-electron chi connectivity index (χ0n) is 20.4. The molecule has 0 aliphatic heterocycles. The zero-order chi connectivity index (χ0) is 33.8. The van der Waals surface area contributed by atoms with Crippen LogP contribution >= 0.6 is 0 Å². The van der Waals surface area contributed by atoms with Crippen LogP contribution in [-0.4, -0.2) is 72.3 Å². The standard InChI is InChI=1S/C20H18F20O2/c1-2-8-3-5-9(6-4-8)10(41)42-7-12(23,24)14(27,28)16(31,32)18(35,36)20(39,40)19(37,38)17(33,34)15(29,30)13(25,26)11(21)22/h8-9,11H,2-7H2,1H3. The summed E-state index contributed by atoms with van der Waals surface area (Å²) in [5, 5.41) is 0. The Morgan fingerprint density at radius 1 is 0.595 bits per heavy atom. The Bertz CT molecular complexity index is 951. The van der Waals surface area contributed by atoms with Gasteiger partial charge < -0.3 is 4.74 Å². The van der Waals surface area contributed by atoms with Crippen molar-refractivity contribution in [3.63, 3.8) is 0 Å². The van der Waals surface area contributed by atoms with Crippen LogP contribution in [0.3, 0.4) is 0 Å². The van der Waals surface area contributed by atoms with E-state index in [1.54, 1.807) is 6.92 Å². The van der Waals surface area contributed by atoms with E-state index >= 15 is 0 Å². The SMILES string of the molecule is CCC1CCC(C(=O)OCC(F)(F)C(F)(F)C(F)(F)C(F)(F)C(F)(F)C(F)(F)C(F)(F)C(F)(F)C(F)(F)C(F)F)CC1. The predicted molar refractivity (Wildman–Crippen MR) is 97.2 cm³/mol. The molecule has 1 fully saturated rings. The maximum absolute atomic E-state index is 13.9. The summed E-state index contributed by atoms with van der Waals surface area (Å²) in [6.07, 6.45) is -5.28. The van der Waals surface area contributed by atoms with Crippen molar-refractivity contribution in [1.82, 2.24) is 0 Å². The largest absolute Gasteiger partial charge is 0.459 e. The minimum atomic E-state index is -9.07. The maximum atomic E-state index is 13.9. The number of alkyl halides is 20.